The van der Waals surface area contributed by atoms with Crippen LogP contribution in [0.25, 0.3) is 27.8 Å². The van der Waals surface area contributed by atoms with Crippen molar-refractivity contribution in [2.45, 2.75) is 32.2 Å². The smallest absolute Gasteiger partial charge is 0.350 e. The van der Waals surface area contributed by atoms with E-state index < -0.39 is 0 Å². The lowest BCUT2D eigenvalue weighted by atomic mass is 10.0. The minimum absolute atomic E-state index is 0.151. The molecule has 6 rings (SSSR count). The molecular formula is C27H28N4O4. The number of nitrogens with zero attached hydrogens (tertiary/aromatic N) is 4. The van der Waals surface area contributed by atoms with Gasteiger partial charge in [-0.3, -0.25) is 4.79 Å². The summed E-state index contributed by atoms with van der Waals surface area (Å²) < 4.78 is 8.41. The van der Waals surface area contributed by atoms with Crippen LogP contribution >= 0.6 is 0 Å². The van der Waals surface area contributed by atoms with Crippen LogP contribution in [0.1, 0.15) is 25.1 Å². The summed E-state index contributed by atoms with van der Waals surface area (Å²) in [5.41, 5.74) is 3.44. The van der Waals surface area contributed by atoms with Crippen LogP contribution in [-0.2, 0) is 17.8 Å². The molecule has 0 radical (unpaired) electrons. The molecule has 1 amide bonds. The van der Waals surface area contributed by atoms with Gasteiger partial charge in [0.25, 0.3) is 0 Å². The van der Waals surface area contributed by atoms with Gasteiger partial charge in [0.1, 0.15) is 11.4 Å². The molecule has 1 unspecified atom stereocenters. The zero-order chi connectivity index (χ0) is 23.9. The normalized spacial score (nSPS) is 18.0. The van der Waals surface area contributed by atoms with E-state index in [1.165, 1.54) is 4.68 Å². The monoisotopic (exact) mass is 472 g/mol. The Labute approximate surface area is 202 Å². The van der Waals surface area contributed by atoms with Crippen LogP contribution in [0.5, 0.6) is 0 Å². The van der Waals surface area contributed by atoms with Crippen molar-refractivity contribution >= 4 is 16.9 Å². The number of fused-ring (bicyclic) bond motifs is 1. The Hall–Kier alpha value is -3.65. The highest BCUT2D eigenvalue weighted by atomic mass is 16.3. The Morgan fingerprint density at radius 1 is 1.06 bits per heavy atom. The number of rotatable bonds is 7. The van der Waals surface area contributed by atoms with Gasteiger partial charge in [-0.15, -0.1) is 0 Å². The van der Waals surface area contributed by atoms with Crippen LogP contribution in [0.4, 0.5) is 0 Å². The molecule has 3 heterocycles. The average molecular weight is 473 g/mol. The lowest BCUT2D eigenvalue weighted by molar-refractivity contribution is -0.131. The Morgan fingerprint density at radius 2 is 1.86 bits per heavy atom. The van der Waals surface area contributed by atoms with E-state index in [1.54, 1.807) is 10.8 Å². The van der Waals surface area contributed by atoms with Crippen molar-refractivity contribution in [1.82, 2.24) is 19.2 Å². The summed E-state index contributed by atoms with van der Waals surface area (Å²) in [5.74, 6) is 1.44. The molecule has 2 aromatic carbocycles. The molecule has 4 aromatic rings. The summed E-state index contributed by atoms with van der Waals surface area (Å²) in [7, 11) is 0. The Balaban J connectivity index is 1.27. The SMILES string of the molecule is O=C(C1CC1)N1CCC(Cc2nn(CCO)c(=O)n2-c2ccc(-c3ccc4occc4c3)cc2)C1. The van der Waals surface area contributed by atoms with Gasteiger partial charge in [-0.25, -0.2) is 14.0 Å². The van der Waals surface area contributed by atoms with Gasteiger partial charge >= 0.3 is 5.69 Å². The van der Waals surface area contributed by atoms with Crippen LogP contribution < -0.4 is 5.69 Å². The van der Waals surface area contributed by atoms with E-state index in [0.29, 0.717) is 18.8 Å². The second-order valence-electron chi connectivity index (χ2n) is 9.62. The van der Waals surface area contributed by atoms with Crippen LogP contribution in [0.3, 0.4) is 0 Å². The van der Waals surface area contributed by atoms with Gasteiger partial charge in [0.05, 0.1) is 25.1 Å². The van der Waals surface area contributed by atoms with Crippen molar-refractivity contribution in [2.24, 2.45) is 11.8 Å². The predicted octanol–water partition coefficient (Wildman–Crippen LogP) is 3.24. The largest absolute Gasteiger partial charge is 0.464 e. The predicted molar refractivity (Wildman–Crippen MR) is 131 cm³/mol. The molecule has 1 saturated carbocycles. The second-order valence-corrected chi connectivity index (χ2v) is 9.62. The van der Waals surface area contributed by atoms with Crippen molar-refractivity contribution in [3.63, 3.8) is 0 Å². The molecule has 1 saturated heterocycles. The fourth-order valence-corrected chi connectivity index (χ4v) is 5.08. The van der Waals surface area contributed by atoms with E-state index in [-0.39, 0.29) is 36.6 Å². The van der Waals surface area contributed by atoms with Crippen LogP contribution in [0, 0.1) is 11.8 Å². The van der Waals surface area contributed by atoms with E-state index in [1.807, 2.05) is 47.4 Å². The third-order valence-corrected chi connectivity index (χ3v) is 7.12. The van der Waals surface area contributed by atoms with E-state index in [2.05, 4.69) is 11.2 Å². The number of amides is 1. The number of hydrogen-bond acceptors (Lipinski definition) is 5. The number of carbonyl (C=O) groups is 1. The Morgan fingerprint density at radius 3 is 2.63 bits per heavy atom. The van der Waals surface area contributed by atoms with Gasteiger partial charge in [0.2, 0.25) is 5.91 Å². The third-order valence-electron chi connectivity index (χ3n) is 7.12. The molecule has 2 aromatic heterocycles. The minimum Gasteiger partial charge on any atom is -0.464 e. The highest BCUT2D eigenvalue weighted by Crippen LogP contribution is 2.33. The van der Waals surface area contributed by atoms with E-state index >= 15 is 0 Å². The maximum absolute atomic E-state index is 13.2. The molecule has 1 aliphatic heterocycles. The van der Waals surface area contributed by atoms with Gasteiger partial charge in [0.15, 0.2) is 0 Å². The summed E-state index contributed by atoms with van der Waals surface area (Å²) in [5, 5.41) is 15.0. The lowest BCUT2D eigenvalue weighted by Crippen LogP contribution is -2.30. The number of benzene rings is 2. The maximum Gasteiger partial charge on any atom is 0.350 e. The van der Waals surface area contributed by atoms with E-state index in [0.717, 1.165) is 53.6 Å². The van der Waals surface area contributed by atoms with Gasteiger partial charge in [-0.05, 0) is 66.6 Å². The summed E-state index contributed by atoms with van der Waals surface area (Å²) in [6, 6.07) is 15.9. The van der Waals surface area contributed by atoms with Crippen molar-refractivity contribution in [2.75, 3.05) is 19.7 Å². The minimum atomic E-state index is -0.259. The van der Waals surface area contributed by atoms with Gasteiger partial charge in [-0.2, -0.15) is 5.10 Å². The number of likely N-dealkylation sites (tertiary alicyclic amines) is 1. The molecule has 1 aliphatic carbocycles. The highest BCUT2D eigenvalue weighted by molar-refractivity contribution is 5.83. The molecule has 8 heteroatoms. The van der Waals surface area contributed by atoms with Crippen molar-refractivity contribution in [1.29, 1.82) is 0 Å². The Bertz CT molecular complexity index is 1430. The molecule has 2 fully saturated rings. The zero-order valence-electron chi connectivity index (χ0n) is 19.5. The quantitative estimate of drug-likeness (QED) is 0.446. The van der Waals surface area contributed by atoms with Crippen molar-refractivity contribution in [3.05, 3.63) is 71.1 Å². The molecular weight excluding hydrogens is 444 g/mol. The topological polar surface area (TPSA) is 93.5 Å². The molecule has 2 aliphatic rings. The van der Waals surface area contributed by atoms with Gasteiger partial charge in [-0.1, -0.05) is 18.2 Å². The summed E-state index contributed by atoms with van der Waals surface area (Å²) in [6.07, 6.45) is 5.23. The standard InChI is InChI=1S/C27H28N4O4/c32-13-12-30-27(34)31(25(28-30)15-18-9-11-29(17-18)26(33)20-1-2-20)23-6-3-19(4-7-23)21-5-8-24-22(16-21)10-14-35-24/h3-8,10,14,16,18,20,32H,1-2,9,11-13,15,17H2. The van der Waals surface area contributed by atoms with E-state index in [9.17, 15) is 14.7 Å². The number of aliphatic hydroxyl groups excluding tert-OH is 1. The molecule has 8 nitrogen and oxygen atoms in total. The highest BCUT2D eigenvalue weighted by Gasteiger charge is 2.37. The number of furan rings is 1. The Kier molecular flexibility index (Phi) is 5.53. The fourth-order valence-electron chi connectivity index (χ4n) is 5.08. The molecule has 35 heavy (non-hydrogen) atoms. The molecule has 0 spiro atoms. The van der Waals surface area contributed by atoms with Crippen molar-refractivity contribution in [3.8, 4) is 16.8 Å². The molecule has 1 N–H and O–H groups in total. The number of aromatic nitrogens is 3. The number of hydrogen-bond donors (Lipinski definition) is 1. The molecule has 180 valence electrons. The number of aliphatic hydroxyl groups is 1. The first-order valence-corrected chi connectivity index (χ1v) is 12.3. The summed E-state index contributed by atoms with van der Waals surface area (Å²) >= 11 is 0. The lowest BCUT2D eigenvalue weighted by Gasteiger charge is -2.16. The van der Waals surface area contributed by atoms with Crippen LogP contribution in [0.15, 0.2) is 64.0 Å². The fraction of sp³-hybridized carbons (Fsp3) is 0.370. The maximum atomic E-state index is 13.2. The third kappa shape index (κ3) is 4.18. The average Bonchev–Trinajstić information content (AvgIpc) is 3.30. The summed E-state index contributed by atoms with van der Waals surface area (Å²) in [4.78, 5) is 27.6. The second kappa shape index (κ2) is 8.85. The van der Waals surface area contributed by atoms with Crippen LogP contribution in [-0.4, -0.2) is 50.0 Å². The molecule has 1 atom stereocenters. The first-order valence-electron chi connectivity index (χ1n) is 12.3. The van der Waals surface area contributed by atoms with E-state index in [4.69, 9.17) is 4.42 Å². The molecule has 0 bridgehead atoms. The first kappa shape index (κ1) is 21.9. The van der Waals surface area contributed by atoms with Gasteiger partial charge < -0.3 is 14.4 Å². The first-order chi connectivity index (χ1) is 17.1. The zero-order valence-corrected chi connectivity index (χ0v) is 19.5. The summed E-state index contributed by atoms with van der Waals surface area (Å²) in [6.45, 7) is 1.49. The van der Waals surface area contributed by atoms with Crippen molar-refractivity contribution < 1.29 is 14.3 Å². The van der Waals surface area contributed by atoms with Crippen LogP contribution in [0.2, 0.25) is 0 Å². The van der Waals surface area contributed by atoms with Gasteiger partial charge in [0, 0.05) is 30.8 Å². The number of carbonyl (C=O) groups excluding carboxylic acids is 1.